The molecule has 0 saturated carbocycles. The van der Waals surface area contributed by atoms with Gasteiger partial charge in [-0.1, -0.05) is 32.0 Å². The van der Waals surface area contributed by atoms with E-state index in [-0.39, 0.29) is 5.91 Å². The summed E-state index contributed by atoms with van der Waals surface area (Å²) in [5.74, 6) is 1.46. The fraction of sp³-hybridized carbons (Fsp3) is 0.350. The maximum absolute atomic E-state index is 12.5. The molecule has 0 aromatic heterocycles. The third-order valence-corrected chi connectivity index (χ3v) is 4.07. The van der Waals surface area contributed by atoms with Crippen molar-refractivity contribution in [2.45, 2.75) is 20.3 Å². The van der Waals surface area contributed by atoms with E-state index in [2.05, 4.69) is 25.2 Å². The van der Waals surface area contributed by atoms with Crippen molar-refractivity contribution in [3.05, 3.63) is 54.1 Å². The van der Waals surface area contributed by atoms with Crippen LogP contribution in [0.1, 0.15) is 19.4 Å². The molecular formula is C20H24N2O2. The van der Waals surface area contributed by atoms with E-state index in [9.17, 15) is 4.79 Å². The number of amides is 1. The number of ether oxygens (including phenoxy) is 1. The first-order chi connectivity index (χ1) is 11.6. The Morgan fingerprint density at radius 2 is 1.92 bits per heavy atom. The van der Waals surface area contributed by atoms with Crippen LogP contribution < -0.4 is 15.0 Å². The van der Waals surface area contributed by atoms with Crippen molar-refractivity contribution in [3.63, 3.8) is 0 Å². The molecule has 0 aliphatic carbocycles. The molecule has 0 spiro atoms. The molecule has 1 aliphatic heterocycles. The second-order valence-corrected chi connectivity index (χ2v) is 6.51. The molecule has 4 nitrogen and oxygen atoms in total. The van der Waals surface area contributed by atoms with Gasteiger partial charge in [0.2, 0.25) is 5.91 Å². The summed E-state index contributed by atoms with van der Waals surface area (Å²) in [5.41, 5.74) is 3.21. The van der Waals surface area contributed by atoms with Gasteiger partial charge in [-0.3, -0.25) is 4.79 Å². The van der Waals surface area contributed by atoms with Crippen molar-refractivity contribution in [1.29, 1.82) is 0 Å². The van der Waals surface area contributed by atoms with Gasteiger partial charge in [-0.05, 0) is 48.2 Å². The molecule has 0 bridgehead atoms. The van der Waals surface area contributed by atoms with Gasteiger partial charge in [0.1, 0.15) is 5.75 Å². The van der Waals surface area contributed by atoms with E-state index in [0.717, 1.165) is 30.1 Å². The summed E-state index contributed by atoms with van der Waals surface area (Å²) >= 11 is 0. The number of rotatable bonds is 6. The molecule has 4 heteroatoms. The van der Waals surface area contributed by atoms with E-state index in [0.29, 0.717) is 19.1 Å². The van der Waals surface area contributed by atoms with Crippen molar-refractivity contribution >= 4 is 17.3 Å². The van der Waals surface area contributed by atoms with Gasteiger partial charge in [0.15, 0.2) is 0 Å². The first-order valence-corrected chi connectivity index (χ1v) is 8.48. The summed E-state index contributed by atoms with van der Waals surface area (Å²) < 4.78 is 5.67. The normalized spacial score (nSPS) is 13.0. The fourth-order valence-corrected chi connectivity index (χ4v) is 2.80. The Kier molecular flexibility index (Phi) is 5.04. The molecule has 0 saturated heterocycles. The highest BCUT2D eigenvalue weighted by molar-refractivity contribution is 5.98. The van der Waals surface area contributed by atoms with Crippen LogP contribution >= 0.6 is 0 Å². The predicted molar refractivity (Wildman–Crippen MR) is 97.8 cm³/mol. The lowest BCUT2D eigenvalue weighted by Gasteiger charge is -2.18. The second kappa shape index (κ2) is 7.39. The van der Waals surface area contributed by atoms with Gasteiger partial charge in [0.25, 0.3) is 0 Å². The lowest BCUT2D eigenvalue weighted by Crippen LogP contribution is -2.34. The molecule has 126 valence electrons. The van der Waals surface area contributed by atoms with Crippen LogP contribution in [0.4, 0.5) is 11.4 Å². The number of anilines is 2. The number of para-hydroxylation sites is 1. The van der Waals surface area contributed by atoms with Crippen molar-refractivity contribution in [2.24, 2.45) is 5.92 Å². The Morgan fingerprint density at radius 3 is 2.67 bits per heavy atom. The molecule has 0 atom stereocenters. The van der Waals surface area contributed by atoms with E-state index >= 15 is 0 Å². The molecule has 1 heterocycles. The van der Waals surface area contributed by atoms with Crippen LogP contribution in [-0.2, 0) is 11.2 Å². The average molecular weight is 324 g/mol. The van der Waals surface area contributed by atoms with Gasteiger partial charge in [-0.25, -0.2) is 0 Å². The standard InChI is InChI=1S/C20H24N2O2/c1-15(2)14-24-18-9-7-17(8-10-18)21-13-20(23)22-12-11-16-5-3-4-6-19(16)22/h3-10,15,21H,11-14H2,1-2H3. The van der Waals surface area contributed by atoms with Gasteiger partial charge in [0.05, 0.1) is 13.2 Å². The quantitative estimate of drug-likeness (QED) is 0.880. The van der Waals surface area contributed by atoms with E-state index in [1.54, 1.807) is 0 Å². The summed E-state index contributed by atoms with van der Waals surface area (Å²) in [5, 5.41) is 3.20. The summed E-state index contributed by atoms with van der Waals surface area (Å²) in [6.07, 6.45) is 0.934. The number of nitrogens with zero attached hydrogens (tertiary/aromatic N) is 1. The number of fused-ring (bicyclic) bond motifs is 1. The smallest absolute Gasteiger partial charge is 0.246 e. The lowest BCUT2D eigenvalue weighted by atomic mass is 10.2. The minimum absolute atomic E-state index is 0.0973. The molecule has 2 aromatic rings. The number of benzene rings is 2. The molecule has 2 aromatic carbocycles. The van der Waals surface area contributed by atoms with Crippen LogP contribution in [0.2, 0.25) is 0 Å². The van der Waals surface area contributed by atoms with Crippen molar-refractivity contribution in [3.8, 4) is 5.75 Å². The zero-order chi connectivity index (χ0) is 16.9. The van der Waals surface area contributed by atoms with Gasteiger partial charge >= 0.3 is 0 Å². The first-order valence-electron chi connectivity index (χ1n) is 8.48. The van der Waals surface area contributed by atoms with Gasteiger partial charge in [0, 0.05) is 17.9 Å². The fourth-order valence-electron chi connectivity index (χ4n) is 2.80. The van der Waals surface area contributed by atoms with Crippen molar-refractivity contribution in [1.82, 2.24) is 0 Å². The summed E-state index contributed by atoms with van der Waals surface area (Å²) in [6, 6.07) is 15.9. The SMILES string of the molecule is CC(C)COc1ccc(NCC(=O)N2CCc3ccccc32)cc1. The average Bonchev–Trinajstić information content (AvgIpc) is 3.03. The highest BCUT2D eigenvalue weighted by atomic mass is 16.5. The molecule has 3 rings (SSSR count). The van der Waals surface area contributed by atoms with Crippen LogP contribution in [0.25, 0.3) is 0 Å². The largest absolute Gasteiger partial charge is 0.493 e. The lowest BCUT2D eigenvalue weighted by molar-refractivity contribution is -0.116. The monoisotopic (exact) mass is 324 g/mol. The third kappa shape index (κ3) is 3.88. The van der Waals surface area contributed by atoms with Crippen molar-refractivity contribution < 1.29 is 9.53 Å². The topological polar surface area (TPSA) is 41.6 Å². The molecule has 24 heavy (non-hydrogen) atoms. The summed E-state index contributed by atoms with van der Waals surface area (Å²) in [6.45, 7) is 6.01. The Labute approximate surface area is 143 Å². The number of nitrogens with one attached hydrogen (secondary N) is 1. The number of carbonyl (C=O) groups excluding carboxylic acids is 1. The highest BCUT2D eigenvalue weighted by Gasteiger charge is 2.23. The maximum atomic E-state index is 12.5. The number of hydrogen-bond donors (Lipinski definition) is 1. The zero-order valence-electron chi connectivity index (χ0n) is 14.3. The van der Waals surface area contributed by atoms with Gasteiger partial charge in [-0.15, -0.1) is 0 Å². The minimum atomic E-state index is 0.0973. The Hall–Kier alpha value is -2.49. The Balaban J connectivity index is 1.53. The number of carbonyl (C=O) groups is 1. The van der Waals surface area contributed by atoms with Crippen LogP contribution in [0.5, 0.6) is 5.75 Å². The summed E-state index contributed by atoms with van der Waals surface area (Å²) in [4.78, 5) is 14.3. The molecule has 0 radical (unpaired) electrons. The van der Waals surface area contributed by atoms with Gasteiger partial charge < -0.3 is 15.0 Å². The van der Waals surface area contributed by atoms with Gasteiger partial charge in [-0.2, -0.15) is 0 Å². The van der Waals surface area contributed by atoms with E-state index in [4.69, 9.17) is 4.74 Å². The second-order valence-electron chi connectivity index (χ2n) is 6.51. The minimum Gasteiger partial charge on any atom is -0.493 e. The molecular weight excluding hydrogens is 300 g/mol. The molecule has 1 N–H and O–H groups in total. The Morgan fingerprint density at radius 1 is 1.17 bits per heavy atom. The molecule has 0 unspecified atom stereocenters. The van der Waals surface area contributed by atoms with E-state index < -0.39 is 0 Å². The van der Waals surface area contributed by atoms with Crippen LogP contribution in [0.3, 0.4) is 0 Å². The van der Waals surface area contributed by atoms with Crippen LogP contribution in [-0.4, -0.2) is 25.6 Å². The Bertz CT molecular complexity index is 695. The van der Waals surface area contributed by atoms with E-state index in [1.165, 1.54) is 5.56 Å². The van der Waals surface area contributed by atoms with Crippen LogP contribution in [0, 0.1) is 5.92 Å². The molecule has 1 aliphatic rings. The third-order valence-electron chi connectivity index (χ3n) is 4.07. The van der Waals surface area contributed by atoms with E-state index in [1.807, 2.05) is 47.4 Å². The van der Waals surface area contributed by atoms with Crippen LogP contribution in [0.15, 0.2) is 48.5 Å². The zero-order valence-corrected chi connectivity index (χ0v) is 14.3. The molecule has 1 amide bonds. The first kappa shape index (κ1) is 16.4. The molecule has 0 fully saturated rings. The number of hydrogen-bond acceptors (Lipinski definition) is 3. The maximum Gasteiger partial charge on any atom is 0.246 e. The summed E-state index contributed by atoms with van der Waals surface area (Å²) in [7, 11) is 0. The highest BCUT2D eigenvalue weighted by Crippen LogP contribution is 2.27. The van der Waals surface area contributed by atoms with Crippen molar-refractivity contribution in [2.75, 3.05) is 29.9 Å². The predicted octanol–water partition coefficient (Wildman–Crippen LogP) is 3.72.